The number of aromatic amines is 1. The second-order valence-corrected chi connectivity index (χ2v) is 9.64. The highest BCUT2D eigenvalue weighted by Gasteiger charge is 2.34. The molecule has 0 unspecified atom stereocenters. The Morgan fingerprint density at radius 1 is 1.05 bits per heavy atom. The first-order valence-corrected chi connectivity index (χ1v) is 12.3. The fourth-order valence-corrected chi connectivity index (χ4v) is 3.90. The average Bonchev–Trinajstić information content (AvgIpc) is 3.35. The molecule has 39 heavy (non-hydrogen) atoms. The third kappa shape index (κ3) is 7.87. The molecule has 0 aliphatic carbocycles. The van der Waals surface area contributed by atoms with Crippen LogP contribution < -0.4 is 10.1 Å². The molecule has 0 aliphatic rings. The van der Waals surface area contributed by atoms with Gasteiger partial charge in [-0.05, 0) is 73.7 Å². The van der Waals surface area contributed by atoms with Crippen molar-refractivity contribution in [3.63, 3.8) is 0 Å². The van der Waals surface area contributed by atoms with Crippen LogP contribution in [0.4, 0.5) is 19.0 Å². The van der Waals surface area contributed by atoms with E-state index in [2.05, 4.69) is 25.5 Å². The van der Waals surface area contributed by atoms with Gasteiger partial charge in [-0.3, -0.25) is 4.79 Å². The lowest BCUT2D eigenvalue weighted by Crippen LogP contribution is -2.19. The van der Waals surface area contributed by atoms with Gasteiger partial charge in [0.15, 0.2) is 0 Å². The summed E-state index contributed by atoms with van der Waals surface area (Å²) in [6.07, 6.45) is -1.85. The number of aliphatic hydroxyl groups is 1. The van der Waals surface area contributed by atoms with Crippen LogP contribution in [0, 0.1) is 0 Å². The summed E-state index contributed by atoms with van der Waals surface area (Å²) in [5, 5.41) is 20.2. The third-order valence-electron chi connectivity index (χ3n) is 5.77. The lowest BCUT2D eigenvalue weighted by molar-refractivity contribution is -0.137. The maximum absolute atomic E-state index is 13.8. The maximum Gasteiger partial charge on any atom is 0.417 e. The Morgan fingerprint density at radius 3 is 2.54 bits per heavy atom. The number of amides is 1. The van der Waals surface area contributed by atoms with E-state index in [4.69, 9.17) is 4.74 Å². The number of nitrogens with one attached hydrogen (secondary N) is 2. The lowest BCUT2D eigenvalue weighted by atomic mass is 9.99. The summed E-state index contributed by atoms with van der Waals surface area (Å²) in [4.78, 5) is 19.7. The number of hydrogen-bond donors (Lipinski definition) is 3. The molecular weight excluding hydrogens is 511 g/mol. The van der Waals surface area contributed by atoms with Gasteiger partial charge in [0.25, 0.3) is 5.91 Å². The summed E-state index contributed by atoms with van der Waals surface area (Å²) < 4.78 is 47.1. The zero-order valence-corrected chi connectivity index (χ0v) is 21.4. The first kappa shape index (κ1) is 27.8. The molecule has 1 amide bonds. The first-order chi connectivity index (χ1) is 18.5. The molecule has 3 N–H and O–H groups in total. The van der Waals surface area contributed by atoms with Crippen molar-refractivity contribution in [2.75, 3.05) is 11.9 Å². The number of benzene rings is 2. The number of carbonyl (C=O) groups excluding carboxylic acids is 1. The molecule has 0 bridgehead atoms. The Kier molecular flexibility index (Phi) is 8.29. The monoisotopic (exact) mass is 539 g/mol. The van der Waals surface area contributed by atoms with Gasteiger partial charge in [-0.1, -0.05) is 30.3 Å². The minimum atomic E-state index is -4.61. The molecule has 0 fully saturated rings. The molecule has 2 aromatic carbocycles. The van der Waals surface area contributed by atoms with E-state index < -0.39 is 23.2 Å². The van der Waals surface area contributed by atoms with Crippen LogP contribution >= 0.6 is 0 Å². The standard InChI is InChI=1S/C28H28F3N5O3/c1-27(2,38)12-6-14-39-20-9-10-22(28(29,30)31)21(17-20)19-11-13-32-23(16-19)34-26(37)25-33-24(35-36-25)15-18-7-4-3-5-8-18/h3-5,7-11,13,16-17,38H,6,12,14-15H2,1-2H3,(H,32,34,37)(H,33,35,36). The smallest absolute Gasteiger partial charge is 0.417 e. The van der Waals surface area contributed by atoms with Crippen molar-refractivity contribution in [2.24, 2.45) is 0 Å². The Balaban J connectivity index is 1.51. The van der Waals surface area contributed by atoms with Crippen molar-refractivity contribution < 1.29 is 27.8 Å². The highest BCUT2D eigenvalue weighted by Crippen LogP contribution is 2.39. The van der Waals surface area contributed by atoms with Crippen LogP contribution in [-0.4, -0.2) is 43.4 Å². The minimum Gasteiger partial charge on any atom is -0.494 e. The number of pyridine rings is 1. The van der Waals surface area contributed by atoms with Gasteiger partial charge in [0.05, 0.1) is 17.8 Å². The van der Waals surface area contributed by atoms with Crippen LogP contribution in [0.1, 0.15) is 54.3 Å². The van der Waals surface area contributed by atoms with Crippen molar-refractivity contribution in [3.05, 3.63) is 89.6 Å². The molecule has 0 aliphatic heterocycles. The van der Waals surface area contributed by atoms with E-state index in [1.165, 1.54) is 30.5 Å². The predicted molar refractivity (Wildman–Crippen MR) is 139 cm³/mol. The summed E-state index contributed by atoms with van der Waals surface area (Å²) in [5.74, 6) is 0.103. The van der Waals surface area contributed by atoms with Crippen molar-refractivity contribution in [3.8, 4) is 16.9 Å². The van der Waals surface area contributed by atoms with Crippen LogP contribution in [0.3, 0.4) is 0 Å². The summed E-state index contributed by atoms with van der Waals surface area (Å²) in [6, 6.07) is 15.8. The van der Waals surface area contributed by atoms with Gasteiger partial charge >= 0.3 is 6.18 Å². The van der Waals surface area contributed by atoms with Gasteiger partial charge in [-0.15, -0.1) is 10.2 Å². The summed E-state index contributed by atoms with van der Waals surface area (Å²) in [6.45, 7) is 3.58. The fourth-order valence-electron chi connectivity index (χ4n) is 3.90. The van der Waals surface area contributed by atoms with Crippen molar-refractivity contribution in [1.29, 1.82) is 0 Å². The van der Waals surface area contributed by atoms with Gasteiger partial charge in [-0.25, -0.2) is 4.98 Å². The van der Waals surface area contributed by atoms with Crippen LogP contribution in [-0.2, 0) is 12.6 Å². The molecule has 11 heteroatoms. The second kappa shape index (κ2) is 11.6. The second-order valence-electron chi connectivity index (χ2n) is 9.64. The van der Waals surface area contributed by atoms with E-state index in [1.54, 1.807) is 13.8 Å². The zero-order chi connectivity index (χ0) is 28.0. The van der Waals surface area contributed by atoms with Crippen LogP contribution in [0.5, 0.6) is 5.75 Å². The van der Waals surface area contributed by atoms with E-state index in [-0.39, 0.29) is 35.1 Å². The molecule has 0 saturated heterocycles. The summed E-state index contributed by atoms with van der Waals surface area (Å²) in [7, 11) is 0. The molecule has 2 aromatic heterocycles. The lowest BCUT2D eigenvalue weighted by Gasteiger charge is -2.18. The van der Waals surface area contributed by atoms with Crippen molar-refractivity contribution in [1.82, 2.24) is 20.2 Å². The molecule has 8 nitrogen and oxygen atoms in total. The summed E-state index contributed by atoms with van der Waals surface area (Å²) >= 11 is 0. The van der Waals surface area contributed by atoms with Crippen molar-refractivity contribution in [2.45, 2.75) is 44.9 Å². The van der Waals surface area contributed by atoms with E-state index >= 15 is 0 Å². The Morgan fingerprint density at radius 2 is 1.82 bits per heavy atom. The molecule has 0 spiro atoms. The number of halogens is 3. The van der Waals surface area contributed by atoms with E-state index in [9.17, 15) is 23.1 Å². The number of aromatic nitrogens is 4. The largest absolute Gasteiger partial charge is 0.494 e. The average molecular weight is 540 g/mol. The van der Waals surface area contributed by atoms with Crippen LogP contribution in [0.2, 0.25) is 0 Å². The molecule has 4 rings (SSSR count). The number of H-pyrrole nitrogens is 1. The predicted octanol–water partition coefficient (Wildman–Crippen LogP) is 5.66. The molecule has 0 atom stereocenters. The maximum atomic E-state index is 13.8. The first-order valence-electron chi connectivity index (χ1n) is 12.3. The zero-order valence-electron chi connectivity index (χ0n) is 21.4. The molecule has 0 radical (unpaired) electrons. The van der Waals surface area contributed by atoms with Gasteiger partial charge < -0.3 is 20.1 Å². The molecular formula is C28H28F3N5O3. The van der Waals surface area contributed by atoms with Gasteiger partial charge in [0.1, 0.15) is 17.4 Å². The fraction of sp³-hybridized carbons (Fsp3) is 0.286. The summed E-state index contributed by atoms with van der Waals surface area (Å²) in [5.41, 5.74) is -0.654. The molecule has 2 heterocycles. The number of ether oxygens (including phenoxy) is 1. The number of carbonyl (C=O) groups is 1. The highest BCUT2D eigenvalue weighted by atomic mass is 19.4. The number of hydrogen-bond acceptors (Lipinski definition) is 6. The van der Waals surface area contributed by atoms with E-state index in [1.807, 2.05) is 30.3 Å². The number of rotatable bonds is 10. The third-order valence-corrected chi connectivity index (χ3v) is 5.77. The van der Waals surface area contributed by atoms with Gasteiger partial charge in [0, 0.05) is 12.6 Å². The highest BCUT2D eigenvalue weighted by molar-refractivity contribution is 6.01. The van der Waals surface area contributed by atoms with Gasteiger partial charge in [-0.2, -0.15) is 13.2 Å². The molecule has 0 saturated carbocycles. The number of alkyl halides is 3. The van der Waals surface area contributed by atoms with E-state index in [0.29, 0.717) is 25.1 Å². The Labute approximate surface area is 223 Å². The minimum absolute atomic E-state index is 0.0446. The number of anilines is 1. The SMILES string of the molecule is CC(C)(O)CCCOc1ccc(C(F)(F)F)c(-c2ccnc(NC(=O)c3nnc(Cc4ccccc4)[nH]3)c2)c1. The normalized spacial score (nSPS) is 11.8. The van der Waals surface area contributed by atoms with Gasteiger partial charge in [0.2, 0.25) is 5.82 Å². The van der Waals surface area contributed by atoms with Crippen molar-refractivity contribution >= 4 is 11.7 Å². The van der Waals surface area contributed by atoms with Crippen LogP contribution in [0.25, 0.3) is 11.1 Å². The Bertz CT molecular complexity index is 1420. The Hall–Kier alpha value is -4.25. The quantitative estimate of drug-likeness (QED) is 0.224. The molecule has 204 valence electrons. The molecule has 4 aromatic rings. The number of nitrogens with zero attached hydrogens (tertiary/aromatic N) is 3. The van der Waals surface area contributed by atoms with E-state index in [0.717, 1.165) is 11.6 Å². The van der Waals surface area contributed by atoms with Crippen LogP contribution in [0.15, 0.2) is 66.9 Å². The topological polar surface area (TPSA) is 113 Å².